The van der Waals surface area contributed by atoms with Crippen LogP contribution in [0.4, 0.5) is 0 Å². The Balaban J connectivity index is 2.21. The first-order valence-corrected chi connectivity index (χ1v) is 9.02. The molecule has 0 fully saturated rings. The van der Waals surface area contributed by atoms with Crippen LogP contribution in [0.15, 0.2) is 48.5 Å². The lowest BCUT2D eigenvalue weighted by Crippen LogP contribution is -2.23. The molecule has 0 aromatic heterocycles. The highest BCUT2D eigenvalue weighted by Gasteiger charge is 2.26. The Labute approximate surface area is 162 Å². The van der Waals surface area contributed by atoms with Crippen LogP contribution in [0.1, 0.15) is 24.2 Å². The molecule has 0 aliphatic carbocycles. The van der Waals surface area contributed by atoms with Crippen molar-refractivity contribution in [1.29, 1.82) is 0 Å². The van der Waals surface area contributed by atoms with E-state index in [1.54, 1.807) is 13.2 Å². The zero-order valence-corrected chi connectivity index (χ0v) is 16.4. The molecule has 26 heavy (non-hydrogen) atoms. The summed E-state index contributed by atoms with van der Waals surface area (Å²) in [4.78, 5) is 11.3. The molecule has 0 spiro atoms. The van der Waals surface area contributed by atoms with Gasteiger partial charge >= 0.3 is 0 Å². The van der Waals surface area contributed by atoms with Gasteiger partial charge in [0.05, 0.1) is 7.11 Å². The van der Waals surface area contributed by atoms with Gasteiger partial charge in [0, 0.05) is 0 Å². The van der Waals surface area contributed by atoms with Crippen LogP contribution >= 0.6 is 15.9 Å². The Kier molecular flexibility index (Phi) is 7.71. The van der Waals surface area contributed by atoms with Gasteiger partial charge in [0.25, 0.3) is 0 Å². The summed E-state index contributed by atoms with van der Waals surface area (Å²) < 4.78 is 17.0. The third-order valence-electron chi connectivity index (χ3n) is 3.75. The van der Waals surface area contributed by atoms with Crippen molar-refractivity contribution < 1.29 is 19.0 Å². The number of halogens is 1. The number of hydrogen-bond acceptors (Lipinski definition) is 4. The Morgan fingerprint density at radius 1 is 1.19 bits per heavy atom. The Morgan fingerprint density at radius 2 is 1.92 bits per heavy atom. The minimum Gasteiger partial charge on any atom is -0.493 e. The fraction of sp³-hybridized carbons (Fsp3) is 0.286. The van der Waals surface area contributed by atoms with Gasteiger partial charge in [0.15, 0.2) is 11.5 Å². The molecule has 2 rings (SSSR count). The summed E-state index contributed by atoms with van der Waals surface area (Å²) in [6, 6.07) is 15.3. The molecule has 0 aliphatic rings. The van der Waals surface area contributed by atoms with Crippen molar-refractivity contribution in [1.82, 2.24) is 0 Å². The summed E-state index contributed by atoms with van der Waals surface area (Å²) in [5.74, 6) is 3.57. The van der Waals surface area contributed by atoms with Crippen LogP contribution in [0.3, 0.4) is 0 Å². The molecule has 0 saturated carbocycles. The summed E-state index contributed by atoms with van der Waals surface area (Å²) >= 11 is 3.39. The molecule has 2 atom stereocenters. The standard InChI is InChI=1S/C21H21BrO4/c1-4-12-25-21(20(22)15(2)23)17-10-11-18(19(13-17)24-3)26-14-16-8-6-5-7-9-16/h1,5-11,13,20-21H,12,14H2,2-3H3. The van der Waals surface area contributed by atoms with Gasteiger partial charge in [-0.05, 0) is 30.2 Å². The molecule has 0 heterocycles. The first-order valence-electron chi connectivity index (χ1n) is 8.11. The average molecular weight is 417 g/mol. The number of hydrogen-bond donors (Lipinski definition) is 0. The van der Waals surface area contributed by atoms with Crippen LogP contribution in [0.2, 0.25) is 0 Å². The predicted octanol–water partition coefficient (Wildman–Crippen LogP) is 4.32. The van der Waals surface area contributed by atoms with E-state index in [4.69, 9.17) is 20.6 Å². The zero-order valence-electron chi connectivity index (χ0n) is 14.8. The minimum absolute atomic E-state index is 0.0459. The average Bonchev–Trinajstić information content (AvgIpc) is 2.67. The van der Waals surface area contributed by atoms with E-state index in [9.17, 15) is 4.79 Å². The van der Waals surface area contributed by atoms with Crippen LogP contribution in [0, 0.1) is 12.3 Å². The van der Waals surface area contributed by atoms with Crippen LogP contribution < -0.4 is 9.47 Å². The van der Waals surface area contributed by atoms with Gasteiger partial charge in [-0.1, -0.05) is 58.2 Å². The lowest BCUT2D eigenvalue weighted by molar-refractivity contribution is -0.118. The van der Waals surface area contributed by atoms with Crippen molar-refractivity contribution in [3.8, 4) is 23.8 Å². The maximum atomic E-state index is 11.8. The molecule has 4 nitrogen and oxygen atoms in total. The fourth-order valence-electron chi connectivity index (χ4n) is 2.42. The zero-order chi connectivity index (χ0) is 18.9. The van der Waals surface area contributed by atoms with Gasteiger partial charge in [-0.25, -0.2) is 0 Å². The largest absolute Gasteiger partial charge is 0.493 e. The van der Waals surface area contributed by atoms with Crippen molar-refractivity contribution in [2.45, 2.75) is 24.5 Å². The van der Waals surface area contributed by atoms with E-state index < -0.39 is 10.9 Å². The predicted molar refractivity (Wildman–Crippen MR) is 105 cm³/mol. The Bertz CT molecular complexity index is 767. The third-order valence-corrected chi connectivity index (χ3v) is 4.88. The second-order valence-electron chi connectivity index (χ2n) is 5.63. The van der Waals surface area contributed by atoms with Crippen LogP contribution in [-0.2, 0) is 16.1 Å². The number of rotatable bonds is 9. The fourth-order valence-corrected chi connectivity index (χ4v) is 2.87. The van der Waals surface area contributed by atoms with Crippen LogP contribution in [0.5, 0.6) is 11.5 Å². The Hall–Kier alpha value is -2.29. The van der Waals surface area contributed by atoms with Crippen LogP contribution in [0.25, 0.3) is 0 Å². The van der Waals surface area contributed by atoms with E-state index in [2.05, 4.69) is 21.9 Å². The number of alkyl halides is 1. The number of ketones is 1. The number of carbonyl (C=O) groups excluding carboxylic acids is 1. The molecule has 0 bridgehead atoms. The number of methoxy groups -OCH3 is 1. The molecule has 0 radical (unpaired) electrons. The van der Waals surface area contributed by atoms with E-state index in [1.807, 2.05) is 42.5 Å². The molecule has 0 aliphatic heterocycles. The normalized spacial score (nSPS) is 12.7. The van der Waals surface area contributed by atoms with Crippen molar-refractivity contribution in [3.63, 3.8) is 0 Å². The maximum Gasteiger partial charge on any atom is 0.161 e. The first-order chi connectivity index (χ1) is 12.6. The van der Waals surface area contributed by atoms with E-state index in [0.717, 1.165) is 11.1 Å². The topological polar surface area (TPSA) is 44.8 Å². The molecule has 136 valence electrons. The number of Topliss-reactive ketones (excluding diaryl/α,β-unsaturated/α-hetero) is 1. The highest BCUT2D eigenvalue weighted by molar-refractivity contribution is 9.10. The molecule has 2 aromatic rings. The highest BCUT2D eigenvalue weighted by Crippen LogP contribution is 2.35. The molecule has 2 aromatic carbocycles. The van der Waals surface area contributed by atoms with E-state index in [0.29, 0.717) is 18.1 Å². The minimum atomic E-state index is -0.513. The quantitative estimate of drug-likeness (QED) is 0.451. The van der Waals surface area contributed by atoms with Gasteiger partial charge in [0.2, 0.25) is 0 Å². The first kappa shape index (κ1) is 20.0. The summed E-state index contributed by atoms with van der Waals surface area (Å²) in [5.41, 5.74) is 1.84. The molecule has 2 unspecified atom stereocenters. The van der Waals surface area contributed by atoms with E-state index in [1.165, 1.54) is 6.92 Å². The second kappa shape index (κ2) is 10.0. The monoisotopic (exact) mass is 416 g/mol. The van der Waals surface area contributed by atoms with Crippen molar-refractivity contribution in [2.75, 3.05) is 13.7 Å². The SMILES string of the molecule is C#CCOC(c1ccc(OCc2ccccc2)c(OC)c1)C(Br)C(C)=O. The lowest BCUT2D eigenvalue weighted by Gasteiger charge is -2.22. The van der Waals surface area contributed by atoms with Crippen molar-refractivity contribution >= 4 is 21.7 Å². The molecule has 5 heteroatoms. The van der Waals surface area contributed by atoms with Gasteiger partial charge in [-0.3, -0.25) is 4.79 Å². The van der Waals surface area contributed by atoms with Gasteiger partial charge < -0.3 is 14.2 Å². The molecule has 0 saturated heterocycles. The molecule has 0 N–H and O–H groups in total. The van der Waals surface area contributed by atoms with Gasteiger partial charge in [0.1, 0.15) is 29.9 Å². The van der Waals surface area contributed by atoms with Crippen LogP contribution in [-0.4, -0.2) is 24.3 Å². The lowest BCUT2D eigenvalue weighted by atomic mass is 10.0. The summed E-state index contributed by atoms with van der Waals surface area (Å²) in [5, 5.41) is 0. The van der Waals surface area contributed by atoms with Crippen molar-refractivity contribution in [3.05, 3.63) is 59.7 Å². The molecular formula is C21H21BrO4. The number of terminal acetylenes is 1. The van der Waals surface area contributed by atoms with E-state index >= 15 is 0 Å². The summed E-state index contributed by atoms with van der Waals surface area (Å²) in [6.45, 7) is 2.04. The number of carbonyl (C=O) groups is 1. The molecular weight excluding hydrogens is 396 g/mol. The smallest absolute Gasteiger partial charge is 0.161 e. The summed E-state index contributed by atoms with van der Waals surface area (Å²) in [6.07, 6.45) is 4.77. The highest BCUT2D eigenvalue weighted by atomic mass is 79.9. The number of benzene rings is 2. The van der Waals surface area contributed by atoms with Gasteiger partial charge in [-0.15, -0.1) is 6.42 Å². The second-order valence-corrected chi connectivity index (χ2v) is 6.62. The van der Waals surface area contributed by atoms with Crippen molar-refractivity contribution in [2.24, 2.45) is 0 Å². The maximum absolute atomic E-state index is 11.8. The molecule has 0 amide bonds. The number of ether oxygens (including phenoxy) is 3. The van der Waals surface area contributed by atoms with E-state index in [-0.39, 0.29) is 12.4 Å². The van der Waals surface area contributed by atoms with Gasteiger partial charge in [-0.2, -0.15) is 0 Å². The third kappa shape index (κ3) is 5.35. The summed E-state index contributed by atoms with van der Waals surface area (Å²) in [7, 11) is 1.57. The Morgan fingerprint density at radius 3 is 2.54 bits per heavy atom.